The zero-order valence-electron chi connectivity index (χ0n) is 10.5. The molecule has 0 radical (unpaired) electrons. The lowest BCUT2D eigenvalue weighted by molar-refractivity contribution is -0.417. The van der Waals surface area contributed by atoms with Crippen molar-refractivity contribution in [2.75, 3.05) is 12.3 Å². The van der Waals surface area contributed by atoms with Crippen LogP contribution in [0.25, 0.3) is 0 Å². The zero-order valence-corrected chi connectivity index (χ0v) is 11.3. The van der Waals surface area contributed by atoms with E-state index in [-0.39, 0.29) is 5.70 Å². The summed E-state index contributed by atoms with van der Waals surface area (Å²) in [6.45, 7) is 2.57. The van der Waals surface area contributed by atoms with E-state index in [0.717, 1.165) is 17.7 Å². The number of ketones is 1. The Hall–Kier alpha value is -1.82. The first kappa shape index (κ1) is 13.6. The minimum absolute atomic E-state index is 0.345. The maximum Gasteiger partial charge on any atom is 0.346 e. The van der Waals surface area contributed by atoms with Crippen molar-refractivity contribution >= 4 is 17.5 Å². The molecule has 0 atom stereocenters. The molecule has 0 aromatic heterocycles. The van der Waals surface area contributed by atoms with Crippen LogP contribution in [-0.4, -0.2) is 23.0 Å². The lowest BCUT2D eigenvalue weighted by Gasteiger charge is -2.15. The zero-order chi connectivity index (χ0) is 13.8. The molecule has 2 rings (SSSR count). The first-order valence-electron chi connectivity index (χ1n) is 5.96. The summed E-state index contributed by atoms with van der Waals surface area (Å²) in [6.07, 6.45) is 0.942. The van der Waals surface area contributed by atoms with Crippen molar-refractivity contribution < 1.29 is 9.72 Å². The van der Waals surface area contributed by atoms with Crippen molar-refractivity contribution in [2.24, 2.45) is 0 Å². The van der Waals surface area contributed by atoms with Crippen molar-refractivity contribution in [1.29, 1.82) is 0 Å². The first-order valence-corrected chi connectivity index (χ1v) is 6.95. The molecule has 100 valence electrons. The van der Waals surface area contributed by atoms with Crippen molar-refractivity contribution in [3.63, 3.8) is 0 Å². The molecule has 1 aromatic carbocycles. The quantitative estimate of drug-likeness (QED) is 0.398. The number of rotatable bonds is 3. The number of nitrogens with zero attached hydrogens (tertiary/aromatic N) is 1. The third kappa shape index (κ3) is 3.14. The average Bonchev–Trinajstić information content (AvgIpc) is 2.40. The molecule has 0 saturated carbocycles. The Bertz CT molecular complexity index is 529. The molecule has 1 aliphatic rings. The van der Waals surface area contributed by atoms with Crippen LogP contribution >= 0.6 is 11.8 Å². The van der Waals surface area contributed by atoms with Crippen molar-refractivity contribution in [3.05, 3.63) is 56.2 Å². The van der Waals surface area contributed by atoms with Gasteiger partial charge in [-0.25, -0.2) is 0 Å². The molecule has 0 spiro atoms. The van der Waals surface area contributed by atoms with Gasteiger partial charge in [0.15, 0.2) is 5.03 Å². The molecule has 1 aromatic rings. The minimum atomic E-state index is -0.594. The number of carbonyl (C=O) groups is 1. The van der Waals surface area contributed by atoms with Gasteiger partial charge >= 0.3 is 5.70 Å². The Balaban J connectivity index is 2.36. The molecule has 1 aliphatic heterocycles. The van der Waals surface area contributed by atoms with Gasteiger partial charge in [0.25, 0.3) is 5.78 Å². The number of nitrogens with one attached hydrogen (secondary N) is 1. The highest BCUT2D eigenvalue weighted by atomic mass is 32.2. The molecule has 1 saturated heterocycles. The summed E-state index contributed by atoms with van der Waals surface area (Å²) in [5.74, 6) is 0.253. The number of carbonyl (C=O) groups excluding carboxylic acids is 1. The van der Waals surface area contributed by atoms with Crippen LogP contribution in [0, 0.1) is 17.0 Å². The van der Waals surface area contributed by atoms with Gasteiger partial charge < -0.3 is 5.32 Å². The summed E-state index contributed by atoms with van der Waals surface area (Å²) >= 11 is 1.33. The molecular weight excluding hydrogens is 264 g/mol. The monoisotopic (exact) mass is 278 g/mol. The smallest absolute Gasteiger partial charge is 0.346 e. The van der Waals surface area contributed by atoms with E-state index in [9.17, 15) is 14.9 Å². The normalized spacial score (nSPS) is 17.5. The van der Waals surface area contributed by atoms with Crippen LogP contribution in [0.3, 0.4) is 0 Å². The third-order valence-corrected chi connectivity index (χ3v) is 3.90. The van der Waals surface area contributed by atoms with Crippen LogP contribution in [0.15, 0.2) is 35.0 Å². The molecule has 1 fully saturated rings. The predicted octanol–water partition coefficient (Wildman–Crippen LogP) is 2.35. The summed E-state index contributed by atoms with van der Waals surface area (Å²) in [6, 6.07) is 6.79. The van der Waals surface area contributed by atoms with Crippen LogP contribution in [-0.2, 0) is 0 Å². The molecule has 0 amide bonds. The largest absolute Gasteiger partial charge is 0.374 e. The lowest BCUT2D eigenvalue weighted by Crippen LogP contribution is -2.25. The van der Waals surface area contributed by atoms with E-state index in [4.69, 9.17) is 0 Å². The predicted molar refractivity (Wildman–Crippen MR) is 74.6 cm³/mol. The van der Waals surface area contributed by atoms with Gasteiger partial charge in [-0.1, -0.05) is 29.8 Å². The molecule has 1 N–H and O–H groups in total. The van der Waals surface area contributed by atoms with E-state index in [0.29, 0.717) is 17.1 Å². The van der Waals surface area contributed by atoms with Crippen LogP contribution < -0.4 is 5.32 Å². The number of allylic oxidation sites excluding steroid dienone is 1. The SMILES string of the molecule is Cc1ccc(C(=O)C(=C2NCCCS2)[N+](=O)[O-])cc1. The van der Waals surface area contributed by atoms with Gasteiger partial charge in [0.05, 0.1) is 4.92 Å². The second kappa shape index (κ2) is 5.88. The van der Waals surface area contributed by atoms with Gasteiger partial charge in [-0.3, -0.25) is 14.9 Å². The Morgan fingerprint density at radius 2 is 2.05 bits per heavy atom. The van der Waals surface area contributed by atoms with Crippen LogP contribution in [0.2, 0.25) is 0 Å². The minimum Gasteiger partial charge on any atom is -0.374 e. The standard InChI is InChI=1S/C13H14N2O3S/c1-9-3-5-10(6-4-9)12(16)11(15(17)18)13-14-7-2-8-19-13/h3-6,14H,2,7-8H2,1H3. The second-order valence-corrected chi connectivity index (χ2v) is 5.36. The number of hydrogen-bond donors (Lipinski definition) is 1. The van der Waals surface area contributed by atoms with Crippen LogP contribution in [0.5, 0.6) is 0 Å². The van der Waals surface area contributed by atoms with Gasteiger partial charge in [0, 0.05) is 17.9 Å². The van der Waals surface area contributed by atoms with Gasteiger partial charge in [-0.05, 0) is 13.3 Å². The van der Waals surface area contributed by atoms with E-state index in [1.807, 2.05) is 6.92 Å². The Morgan fingerprint density at radius 1 is 1.37 bits per heavy atom. The fraction of sp³-hybridized carbons (Fsp3) is 0.308. The van der Waals surface area contributed by atoms with Crippen molar-refractivity contribution in [1.82, 2.24) is 5.32 Å². The lowest BCUT2D eigenvalue weighted by atomic mass is 10.1. The highest BCUT2D eigenvalue weighted by Gasteiger charge is 2.30. The summed E-state index contributed by atoms with van der Waals surface area (Å²) in [5, 5.41) is 14.5. The Labute approximate surface area is 115 Å². The molecule has 0 unspecified atom stereocenters. The fourth-order valence-corrected chi connectivity index (χ4v) is 2.76. The molecule has 5 nitrogen and oxygen atoms in total. The number of aryl methyl sites for hydroxylation is 1. The van der Waals surface area contributed by atoms with E-state index >= 15 is 0 Å². The highest BCUT2D eigenvalue weighted by molar-refractivity contribution is 8.03. The molecule has 0 aliphatic carbocycles. The molecule has 19 heavy (non-hydrogen) atoms. The maximum absolute atomic E-state index is 12.2. The van der Waals surface area contributed by atoms with E-state index in [2.05, 4.69) is 5.32 Å². The first-order chi connectivity index (χ1) is 9.09. The van der Waals surface area contributed by atoms with E-state index < -0.39 is 10.7 Å². The highest BCUT2D eigenvalue weighted by Crippen LogP contribution is 2.24. The average molecular weight is 278 g/mol. The third-order valence-electron chi connectivity index (χ3n) is 2.78. The number of hydrogen-bond acceptors (Lipinski definition) is 5. The van der Waals surface area contributed by atoms with Gasteiger partial charge in [0.1, 0.15) is 0 Å². The van der Waals surface area contributed by atoms with Gasteiger partial charge in [-0.2, -0.15) is 0 Å². The summed E-state index contributed by atoms with van der Waals surface area (Å²) < 4.78 is 0. The molecule has 6 heteroatoms. The molecule has 1 heterocycles. The maximum atomic E-state index is 12.2. The van der Waals surface area contributed by atoms with Gasteiger partial charge in [0.2, 0.25) is 0 Å². The van der Waals surface area contributed by atoms with E-state index in [1.54, 1.807) is 24.3 Å². The topological polar surface area (TPSA) is 72.2 Å². The van der Waals surface area contributed by atoms with Crippen LogP contribution in [0.4, 0.5) is 0 Å². The Morgan fingerprint density at radius 3 is 2.58 bits per heavy atom. The van der Waals surface area contributed by atoms with Crippen molar-refractivity contribution in [3.8, 4) is 0 Å². The van der Waals surface area contributed by atoms with Gasteiger partial charge in [-0.15, -0.1) is 11.8 Å². The van der Waals surface area contributed by atoms with Crippen LogP contribution in [0.1, 0.15) is 22.3 Å². The summed E-state index contributed by atoms with van der Waals surface area (Å²) in [4.78, 5) is 22.8. The summed E-state index contributed by atoms with van der Waals surface area (Å²) in [7, 11) is 0. The number of benzene rings is 1. The molecule has 0 bridgehead atoms. The van der Waals surface area contributed by atoms with E-state index in [1.165, 1.54) is 11.8 Å². The number of thioether (sulfide) groups is 1. The van der Waals surface area contributed by atoms with Crippen molar-refractivity contribution in [2.45, 2.75) is 13.3 Å². The Kier molecular flexibility index (Phi) is 4.21. The number of nitro groups is 1. The second-order valence-electron chi connectivity index (χ2n) is 4.26. The fourth-order valence-electron chi connectivity index (χ4n) is 1.76. The summed E-state index contributed by atoms with van der Waals surface area (Å²) in [5.41, 5.74) is 1.00. The number of Topliss-reactive ketones (excluding diaryl/α,β-unsaturated/α-hetero) is 1. The molecular formula is C13H14N2O3S.